The van der Waals surface area contributed by atoms with Gasteiger partial charge in [0, 0.05) is 19.2 Å². The second-order valence-corrected chi connectivity index (χ2v) is 4.55. The molecule has 0 spiro atoms. The molecule has 0 saturated carbocycles. The number of anilines is 1. The molecular formula is C13H17N3O5. The van der Waals surface area contributed by atoms with Gasteiger partial charge in [0.05, 0.1) is 31.8 Å². The molecule has 1 amide bonds. The van der Waals surface area contributed by atoms with Gasteiger partial charge in [0.15, 0.2) is 5.69 Å². The minimum Gasteiger partial charge on any atom is -0.494 e. The van der Waals surface area contributed by atoms with Crippen LogP contribution in [0.4, 0.5) is 11.4 Å². The van der Waals surface area contributed by atoms with E-state index in [0.717, 1.165) is 0 Å². The number of nitrogens with zero attached hydrogens (tertiary/aromatic N) is 2. The molecule has 114 valence electrons. The van der Waals surface area contributed by atoms with Gasteiger partial charge >= 0.3 is 0 Å². The topological polar surface area (TPSA) is 93.9 Å². The number of para-hydroxylation sites is 1. The van der Waals surface area contributed by atoms with Crippen molar-refractivity contribution in [3.63, 3.8) is 0 Å². The minimum atomic E-state index is -0.549. The van der Waals surface area contributed by atoms with Gasteiger partial charge in [0.25, 0.3) is 5.69 Å². The number of nitro benzene ring substituents is 1. The fourth-order valence-corrected chi connectivity index (χ4v) is 2.11. The van der Waals surface area contributed by atoms with Crippen molar-refractivity contribution >= 4 is 17.3 Å². The summed E-state index contributed by atoms with van der Waals surface area (Å²) in [4.78, 5) is 24.5. The smallest absolute Gasteiger partial charge is 0.296 e. The second-order valence-electron chi connectivity index (χ2n) is 4.55. The van der Waals surface area contributed by atoms with Crippen LogP contribution in [0.5, 0.6) is 5.75 Å². The first kappa shape index (κ1) is 15.2. The van der Waals surface area contributed by atoms with Crippen molar-refractivity contribution in [2.45, 2.75) is 0 Å². The van der Waals surface area contributed by atoms with Crippen LogP contribution in [0.25, 0.3) is 0 Å². The van der Waals surface area contributed by atoms with Gasteiger partial charge in [-0.2, -0.15) is 0 Å². The lowest BCUT2D eigenvalue weighted by atomic mass is 10.2. The zero-order chi connectivity index (χ0) is 15.2. The van der Waals surface area contributed by atoms with Crippen molar-refractivity contribution < 1.29 is 19.2 Å². The third-order valence-electron chi connectivity index (χ3n) is 3.16. The van der Waals surface area contributed by atoms with Crippen LogP contribution in [0.15, 0.2) is 18.2 Å². The predicted molar refractivity (Wildman–Crippen MR) is 75.5 cm³/mol. The molecule has 0 unspecified atom stereocenters. The van der Waals surface area contributed by atoms with Crippen molar-refractivity contribution in [2.24, 2.45) is 0 Å². The second kappa shape index (κ2) is 7.00. The Morgan fingerprint density at radius 3 is 2.81 bits per heavy atom. The number of morpholine rings is 1. The Kier molecular flexibility index (Phi) is 5.07. The van der Waals surface area contributed by atoms with Gasteiger partial charge in [-0.3, -0.25) is 19.8 Å². The van der Waals surface area contributed by atoms with Crippen LogP contribution < -0.4 is 10.1 Å². The molecule has 0 aliphatic carbocycles. The number of ether oxygens (including phenoxy) is 2. The first-order valence-corrected chi connectivity index (χ1v) is 6.53. The Hall–Kier alpha value is -2.19. The van der Waals surface area contributed by atoms with E-state index in [2.05, 4.69) is 5.32 Å². The first-order valence-electron chi connectivity index (χ1n) is 6.53. The molecule has 1 saturated heterocycles. The molecule has 1 aromatic carbocycles. The van der Waals surface area contributed by atoms with E-state index in [4.69, 9.17) is 9.47 Å². The van der Waals surface area contributed by atoms with Crippen LogP contribution >= 0.6 is 0 Å². The van der Waals surface area contributed by atoms with Crippen LogP contribution in [-0.4, -0.2) is 55.7 Å². The van der Waals surface area contributed by atoms with Crippen LogP contribution in [0.3, 0.4) is 0 Å². The number of methoxy groups -OCH3 is 1. The van der Waals surface area contributed by atoms with E-state index in [0.29, 0.717) is 26.3 Å². The van der Waals surface area contributed by atoms with Gasteiger partial charge in [-0.15, -0.1) is 0 Å². The molecule has 21 heavy (non-hydrogen) atoms. The highest BCUT2D eigenvalue weighted by Gasteiger charge is 2.21. The van der Waals surface area contributed by atoms with Gasteiger partial charge in [-0.1, -0.05) is 6.07 Å². The van der Waals surface area contributed by atoms with Gasteiger partial charge in [-0.25, -0.2) is 0 Å². The number of hydrogen-bond donors (Lipinski definition) is 1. The van der Waals surface area contributed by atoms with Crippen molar-refractivity contribution in [2.75, 3.05) is 45.3 Å². The standard InChI is InChI=1S/C13H17N3O5/c1-20-11-4-2-3-10(16(18)19)13(11)14-12(17)9-15-5-7-21-8-6-15/h2-4H,5-9H2,1H3,(H,14,17). The van der Waals surface area contributed by atoms with Gasteiger partial charge < -0.3 is 14.8 Å². The average molecular weight is 295 g/mol. The first-order chi connectivity index (χ1) is 10.1. The van der Waals surface area contributed by atoms with E-state index in [1.54, 1.807) is 6.07 Å². The third kappa shape index (κ3) is 3.89. The number of rotatable bonds is 5. The summed E-state index contributed by atoms with van der Waals surface area (Å²) < 4.78 is 10.3. The molecule has 0 bridgehead atoms. The highest BCUT2D eigenvalue weighted by molar-refractivity contribution is 5.96. The highest BCUT2D eigenvalue weighted by atomic mass is 16.6. The maximum Gasteiger partial charge on any atom is 0.296 e. The van der Waals surface area contributed by atoms with Crippen LogP contribution in [0.1, 0.15) is 0 Å². The summed E-state index contributed by atoms with van der Waals surface area (Å²) in [7, 11) is 1.40. The number of amides is 1. The van der Waals surface area contributed by atoms with E-state index < -0.39 is 4.92 Å². The molecule has 1 aliphatic rings. The lowest BCUT2D eigenvalue weighted by molar-refractivity contribution is -0.384. The molecule has 1 heterocycles. The Morgan fingerprint density at radius 1 is 1.48 bits per heavy atom. The minimum absolute atomic E-state index is 0.0864. The number of carbonyl (C=O) groups is 1. The lowest BCUT2D eigenvalue weighted by Crippen LogP contribution is -2.41. The van der Waals surface area contributed by atoms with Crippen molar-refractivity contribution in [1.82, 2.24) is 4.90 Å². The molecule has 0 radical (unpaired) electrons. The molecule has 8 heteroatoms. The Morgan fingerprint density at radius 2 is 2.19 bits per heavy atom. The predicted octanol–water partition coefficient (Wildman–Crippen LogP) is 0.874. The summed E-state index contributed by atoms with van der Waals surface area (Å²) in [6.07, 6.45) is 0. The normalized spacial score (nSPS) is 15.5. The molecule has 8 nitrogen and oxygen atoms in total. The number of benzene rings is 1. The quantitative estimate of drug-likeness (QED) is 0.640. The van der Waals surface area contributed by atoms with Crippen LogP contribution in [-0.2, 0) is 9.53 Å². The molecule has 0 atom stereocenters. The fourth-order valence-electron chi connectivity index (χ4n) is 2.11. The molecule has 1 N–H and O–H groups in total. The Balaban J connectivity index is 2.10. The number of nitrogens with one attached hydrogen (secondary N) is 1. The third-order valence-corrected chi connectivity index (χ3v) is 3.16. The maximum atomic E-state index is 12.1. The van der Waals surface area contributed by atoms with Crippen molar-refractivity contribution in [3.05, 3.63) is 28.3 Å². The molecule has 1 aromatic rings. The lowest BCUT2D eigenvalue weighted by Gasteiger charge is -2.25. The number of carbonyl (C=O) groups excluding carboxylic acids is 1. The van der Waals surface area contributed by atoms with E-state index >= 15 is 0 Å². The summed E-state index contributed by atoms with van der Waals surface area (Å²) in [6.45, 7) is 2.67. The van der Waals surface area contributed by atoms with E-state index in [1.165, 1.54) is 19.2 Å². The van der Waals surface area contributed by atoms with Gasteiger partial charge in [0.1, 0.15) is 5.75 Å². The zero-order valence-electron chi connectivity index (χ0n) is 11.7. The van der Waals surface area contributed by atoms with E-state index in [-0.39, 0.29) is 29.6 Å². The SMILES string of the molecule is COc1cccc([N+](=O)[O-])c1NC(=O)CN1CCOCC1. The molecule has 2 rings (SSSR count). The molecule has 1 aliphatic heterocycles. The van der Waals surface area contributed by atoms with Gasteiger partial charge in [-0.05, 0) is 6.07 Å². The fraction of sp³-hybridized carbons (Fsp3) is 0.462. The highest BCUT2D eigenvalue weighted by Crippen LogP contribution is 2.33. The summed E-state index contributed by atoms with van der Waals surface area (Å²) in [5.74, 6) is -0.0518. The summed E-state index contributed by atoms with van der Waals surface area (Å²) >= 11 is 0. The summed E-state index contributed by atoms with van der Waals surface area (Å²) in [5.41, 5.74) is -0.104. The van der Waals surface area contributed by atoms with Crippen molar-refractivity contribution in [1.29, 1.82) is 0 Å². The largest absolute Gasteiger partial charge is 0.494 e. The Labute approximate surface area is 121 Å². The number of hydrogen-bond acceptors (Lipinski definition) is 6. The summed E-state index contributed by atoms with van der Waals surface area (Å²) in [5, 5.41) is 13.6. The monoisotopic (exact) mass is 295 g/mol. The molecule has 0 aromatic heterocycles. The van der Waals surface area contributed by atoms with E-state index in [1.807, 2.05) is 4.90 Å². The number of nitro groups is 1. The maximum absolute atomic E-state index is 12.1. The summed E-state index contributed by atoms with van der Waals surface area (Å²) in [6, 6.07) is 4.40. The molecular weight excluding hydrogens is 278 g/mol. The van der Waals surface area contributed by atoms with E-state index in [9.17, 15) is 14.9 Å². The molecule has 1 fully saturated rings. The van der Waals surface area contributed by atoms with Gasteiger partial charge in [0.2, 0.25) is 5.91 Å². The zero-order valence-corrected chi connectivity index (χ0v) is 11.7. The van der Waals surface area contributed by atoms with Crippen LogP contribution in [0.2, 0.25) is 0 Å². The average Bonchev–Trinajstić information content (AvgIpc) is 2.48. The van der Waals surface area contributed by atoms with Crippen molar-refractivity contribution in [3.8, 4) is 5.75 Å². The van der Waals surface area contributed by atoms with Crippen LogP contribution in [0, 0.1) is 10.1 Å². The Bertz CT molecular complexity index is 529.